The van der Waals surface area contributed by atoms with Gasteiger partial charge >= 0.3 is 5.97 Å². The number of carbonyl (C=O) groups is 2. The molecule has 1 N–H and O–H groups in total. The molecule has 4 aliphatic carbocycles. The van der Waals surface area contributed by atoms with E-state index in [9.17, 15) is 19.7 Å². The third kappa shape index (κ3) is 4.00. The molecule has 1 amide bonds. The number of hydrogen-bond acceptors (Lipinski definition) is 6. The fourth-order valence-electron chi connectivity index (χ4n) is 6.84. The number of nitrogens with one attached hydrogen (secondary N) is 1. The molecule has 0 atom stereocenters. The smallest absolute Gasteiger partial charge is 0.341 e. The van der Waals surface area contributed by atoms with Crippen molar-refractivity contribution in [2.24, 2.45) is 17.8 Å². The summed E-state index contributed by atoms with van der Waals surface area (Å²) < 4.78 is 5.34. The van der Waals surface area contributed by atoms with E-state index in [1.54, 1.807) is 6.07 Å². The topological polar surface area (TPSA) is 102 Å². The first-order valence-electron chi connectivity index (χ1n) is 11.4. The van der Waals surface area contributed by atoms with Gasteiger partial charge in [0.15, 0.2) is 6.61 Å². The SMILES string of the molecule is O=C(COC(=O)c1cc([N+](=O)[O-])ccc1N1CCCC1)NC12CC3CC(CC(C3)C1)C2. The van der Waals surface area contributed by atoms with Gasteiger partial charge in [0.2, 0.25) is 0 Å². The molecular weight excluding hydrogens is 398 g/mol. The normalized spacial score (nSPS) is 31.0. The Balaban J connectivity index is 1.25. The summed E-state index contributed by atoms with van der Waals surface area (Å²) in [6, 6.07) is 4.27. The summed E-state index contributed by atoms with van der Waals surface area (Å²) in [4.78, 5) is 38.2. The highest BCUT2D eigenvalue weighted by Crippen LogP contribution is 2.55. The first-order chi connectivity index (χ1) is 14.9. The van der Waals surface area contributed by atoms with Crippen molar-refractivity contribution in [3.63, 3.8) is 0 Å². The molecule has 0 aromatic heterocycles. The summed E-state index contributed by atoms with van der Waals surface area (Å²) in [5.74, 6) is 1.17. The standard InChI is InChI=1S/C23H29N3O5/c27-21(24-23-11-15-7-16(12-23)9-17(8-15)13-23)14-31-22(28)19-10-18(26(29)30)3-4-20(19)25-5-1-2-6-25/h3-4,10,15-17H,1-2,5-9,11-14H2,(H,24,27). The molecule has 4 saturated carbocycles. The molecule has 5 aliphatic rings. The lowest BCUT2D eigenvalue weighted by Gasteiger charge is -2.56. The highest BCUT2D eigenvalue weighted by molar-refractivity contribution is 5.98. The van der Waals surface area contributed by atoms with Crippen molar-refractivity contribution in [3.05, 3.63) is 33.9 Å². The molecule has 5 fully saturated rings. The van der Waals surface area contributed by atoms with Crippen molar-refractivity contribution >= 4 is 23.3 Å². The van der Waals surface area contributed by atoms with E-state index in [1.165, 1.54) is 31.4 Å². The second kappa shape index (κ2) is 7.80. The number of nitro benzene ring substituents is 1. The van der Waals surface area contributed by atoms with Crippen LogP contribution in [-0.2, 0) is 9.53 Å². The molecule has 4 bridgehead atoms. The molecule has 1 heterocycles. The van der Waals surface area contributed by atoms with E-state index in [2.05, 4.69) is 5.32 Å². The summed E-state index contributed by atoms with van der Waals surface area (Å²) in [5.41, 5.74) is 0.492. The molecule has 31 heavy (non-hydrogen) atoms. The fourth-order valence-corrected chi connectivity index (χ4v) is 6.84. The molecule has 8 nitrogen and oxygen atoms in total. The maximum Gasteiger partial charge on any atom is 0.341 e. The van der Waals surface area contributed by atoms with Crippen LogP contribution >= 0.6 is 0 Å². The van der Waals surface area contributed by atoms with Crippen LogP contribution in [0.5, 0.6) is 0 Å². The van der Waals surface area contributed by atoms with Crippen LogP contribution in [0.15, 0.2) is 18.2 Å². The summed E-state index contributed by atoms with van der Waals surface area (Å²) in [7, 11) is 0. The Hall–Kier alpha value is -2.64. The Morgan fingerprint density at radius 1 is 1.10 bits per heavy atom. The van der Waals surface area contributed by atoms with Gasteiger partial charge in [-0.15, -0.1) is 0 Å². The van der Waals surface area contributed by atoms with E-state index < -0.39 is 10.9 Å². The maximum atomic E-state index is 12.8. The number of carbonyl (C=O) groups excluding carboxylic acids is 2. The van der Waals surface area contributed by atoms with Gasteiger partial charge in [0, 0.05) is 30.8 Å². The van der Waals surface area contributed by atoms with Gasteiger partial charge in [0.25, 0.3) is 11.6 Å². The van der Waals surface area contributed by atoms with Gasteiger partial charge in [0.05, 0.1) is 16.2 Å². The number of nitrogens with zero attached hydrogens (tertiary/aromatic N) is 2. The molecule has 1 saturated heterocycles. The fraction of sp³-hybridized carbons (Fsp3) is 0.652. The number of ether oxygens (including phenoxy) is 1. The second-order valence-corrected chi connectivity index (χ2v) is 9.97. The van der Waals surface area contributed by atoms with Crippen molar-refractivity contribution in [1.82, 2.24) is 5.32 Å². The zero-order valence-corrected chi connectivity index (χ0v) is 17.7. The van der Waals surface area contributed by atoms with Gasteiger partial charge < -0.3 is 15.0 Å². The molecule has 1 aromatic carbocycles. The molecule has 6 rings (SSSR count). The quantitative estimate of drug-likeness (QED) is 0.424. The largest absolute Gasteiger partial charge is 0.452 e. The molecular formula is C23H29N3O5. The van der Waals surface area contributed by atoms with E-state index in [0.717, 1.165) is 45.2 Å². The molecule has 1 aromatic rings. The summed E-state index contributed by atoms with van der Waals surface area (Å²) in [6.45, 7) is 1.23. The van der Waals surface area contributed by atoms with Crippen LogP contribution in [0.4, 0.5) is 11.4 Å². The number of esters is 1. The number of anilines is 1. The van der Waals surface area contributed by atoms with E-state index >= 15 is 0 Å². The van der Waals surface area contributed by atoms with Gasteiger partial charge in [-0.25, -0.2) is 4.79 Å². The van der Waals surface area contributed by atoms with Gasteiger partial charge in [-0.3, -0.25) is 14.9 Å². The van der Waals surface area contributed by atoms with E-state index in [4.69, 9.17) is 4.74 Å². The Bertz CT molecular complexity index is 873. The monoisotopic (exact) mass is 427 g/mol. The van der Waals surface area contributed by atoms with E-state index in [-0.39, 0.29) is 29.3 Å². The summed E-state index contributed by atoms with van der Waals surface area (Å²) in [5, 5.41) is 14.4. The maximum absolute atomic E-state index is 12.8. The third-order valence-electron chi connectivity index (χ3n) is 7.63. The van der Waals surface area contributed by atoms with Crippen molar-refractivity contribution in [2.45, 2.75) is 56.9 Å². The van der Waals surface area contributed by atoms with Gasteiger partial charge in [0.1, 0.15) is 0 Å². The molecule has 1 aliphatic heterocycles. The first-order valence-corrected chi connectivity index (χ1v) is 11.4. The van der Waals surface area contributed by atoms with Crippen LogP contribution in [0.3, 0.4) is 0 Å². The number of amides is 1. The van der Waals surface area contributed by atoms with Crippen molar-refractivity contribution in [2.75, 3.05) is 24.6 Å². The highest BCUT2D eigenvalue weighted by Gasteiger charge is 2.51. The van der Waals surface area contributed by atoms with Crippen LogP contribution < -0.4 is 10.2 Å². The van der Waals surface area contributed by atoms with Crippen molar-refractivity contribution in [1.29, 1.82) is 0 Å². The highest BCUT2D eigenvalue weighted by atomic mass is 16.6. The number of nitro groups is 1. The lowest BCUT2D eigenvalue weighted by atomic mass is 9.53. The first kappa shape index (κ1) is 20.3. The van der Waals surface area contributed by atoms with Crippen molar-refractivity contribution < 1.29 is 19.2 Å². The Kier molecular flexibility index (Phi) is 5.10. The average molecular weight is 428 g/mol. The minimum Gasteiger partial charge on any atom is -0.452 e. The predicted octanol–water partition coefficient (Wildman–Crippen LogP) is 3.44. The van der Waals surface area contributed by atoms with Crippen LogP contribution in [0.1, 0.15) is 61.7 Å². The average Bonchev–Trinajstić information content (AvgIpc) is 3.25. The molecule has 0 unspecified atom stereocenters. The Morgan fingerprint density at radius 2 is 1.71 bits per heavy atom. The minimum atomic E-state index is -0.689. The number of rotatable bonds is 6. The van der Waals surface area contributed by atoms with Gasteiger partial charge in [-0.2, -0.15) is 0 Å². The lowest BCUT2D eigenvalue weighted by molar-refractivity contribution is -0.384. The van der Waals surface area contributed by atoms with Gasteiger partial charge in [-0.05, 0) is 75.2 Å². The molecule has 0 radical (unpaired) electrons. The predicted molar refractivity (Wildman–Crippen MR) is 114 cm³/mol. The second-order valence-electron chi connectivity index (χ2n) is 9.97. The van der Waals surface area contributed by atoms with Crippen LogP contribution in [0.2, 0.25) is 0 Å². The number of hydrogen-bond donors (Lipinski definition) is 1. The van der Waals surface area contributed by atoms with Gasteiger partial charge in [-0.1, -0.05) is 0 Å². The molecule has 166 valence electrons. The van der Waals surface area contributed by atoms with Crippen molar-refractivity contribution in [3.8, 4) is 0 Å². The summed E-state index contributed by atoms with van der Waals surface area (Å²) >= 11 is 0. The molecule has 8 heteroatoms. The number of non-ortho nitro benzene ring substituents is 1. The molecule has 0 spiro atoms. The third-order valence-corrected chi connectivity index (χ3v) is 7.63. The Morgan fingerprint density at radius 3 is 2.29 bits per heavy atom. The Labute approximate surface area is 181 Å². The van der Waals surface area contributed by atoms with Crippen LogP contribution in [0.25, 0.3) is 0 Å². The lowest BCUT2D eigenvalue weighted by Crippen LogP contribution is -2.60. The van der Waals surface area contributed by atoms with E-state index in [1.807, 2.05) is 4.90 Å². The summed E-state index contributed by atoms with van der Waals surface area (Å²) in [6.07, 6.45) is 8.98. The zero-order valence-electron chi connectivity index (χ0n) is 17.7. The minimum absolute atomic E-state index is 0.134. The van der Waals surface area contributed by atoms with Crippen LogP contribution in [-0.4, -0.2) is 42.0 Å². The number of benzene rings is 1. The van der Waals surface area contributed by atoms with E-state index in [0.29, 0.717) is 23.4 Å². The zero-order chi connectivity index (χ0) is 21.6. The van der Waals surface area contributed by atoms with Crippen LogP contribution in [0, 0.1) is 27.9 Å².